The first-order valence-electron chi connectivity index (χ1n) is 7.56. The molecule has 0 heterocycles. The standard InChI is InChI=1S/C19H18N2O4/c1-12-9-13(2)11-14(10-12)20-19(25)15-5-3-4-6-16(15)21-17(22)7-8-18(23)24/h3-11H,1-2H3,(H,20,25)(H,21,22)(H,23,24). The fraction of sp³-hybridized carbons (Fsp3) is 0.105. The molecule has 6 nitrogen and oxygen atoms in total. The number of carbonyl (C=O) groups is 3. The first kappa shape index (κ1) is 17.9. The Morgan fingerprint density at radius 2 is 1.56 bits per heavy atom. The van der Waals surface area contributed by atoms with Crippen LogP contribution in [0.5, 0.6) is 0 Å². The van der Waals surface area contributed by atoms with Gasteiger partial charge in [-0.25, -0.2) is 4.79 Å². The Labute approximate surface area is 145 Å². The molecule has 0 spiro atoms. The third-order valence-corrected chi connectivity index (χ3v) is 3.29. The van der Waals surface area contributed by atoms with Gasteiger partial charge in [0.1, 0.15) is 0 Å². The van der Waals surface area contributed by atoms with Gasteiger partial charge in [-0.1, -0.05) is 18.2 Å². The Bertz CT molecular complexity index is 836. The van der Waals surface area contributed by atoms with Gasteiger partial charge in [-0.15, -0.1) is 0 Å². The molecule has 0 fully saturated rings. The van der Waals surface area contributed by atoms with E-state index in [0.29, 0.717) is 11.4 Å². The van der Waals surface area contributed by atoms with Gasteiger partial charge in [0, 0.05) is 17.8 Å². The van der Waals surface area contributed by atoms with E-state index in [-0.39, 0.29) is 11.5 Å². The predicted molar refractivity (Wildman–Crippen MR) is 95.7 cm³/mol. The number of benzene rings is 2. The molecule has 0 radical (unpaired) electrons. The average molecular weight is 338 g/mol. The molecule has 0 saturated carbocycles. The largest absolute Gasteiger partial charge is 0.478 e. The topological polar surface area (TPSA) is 95.5 Å². The molecule has 128 valence electrons. The number of para-hydroxylation sites is 1. The summed E-state index contributed by atoms with van der Waals surface area (Å²) in [5, 5.41) is 13.9. The van der Waals surface area contributed by atoms with E-state index >= 15 is 0 Å². The zero-order valence-corrected chi connectivity index (χ0v) is 13.9. The van der Waals surface area contributed by atoms with Gasteiger partial charge in [-0.05, 0) is 49.2 Å². The zero-order valence-electron chi connectivity index (χ0n) is 13.9. The Morgan fingerprint density at radius 3 is 2.20 bits per heavy atom. The van der Waals surface area contributed by atoms with Gasteiger partial charge in [0.2, 0.25) is 5.91 Å². The van der Waals surface area contributed by atoms with E-state index in [1.807, 2.05) is 32.0 Å². The number of aliphatic carboxylic acids is 1. The molecule has 0 aliphatic carbocycles. The van der Waals surface area contributed by atoms with Crippen LogP contribution in [0.25, 0.3) is 0 Å². The van der Waals surface area contributed by atoms with Crippen molar-refractivity contribution in [3.63, 3.8) is 0 Å². The molecular weight excluding hydrogens is 320 g/mol. The number of carboxylic acid groups (broad SMARTS) is 1. The number of carbonyl (C=O) groups excluding carboxylic acids is 2. The van der Waals surface area contributed by atoms with Crippen LogP contribution in [-0.4, -0.2) is 22.9 Å². The van der Waals surface area contributed by atoms with E-state index < -0.39 is 11.9 Å². The van der Waals surface area contributed by atoms with E-state index in [1.165, 1.54) is 0 Å². The lowest BCUT2D eigenvalue weighted by atomic mass is 10.1. The number of amides is 2. The summed E-state index contributed by atoms with van der Waals surface area (Å²) in [6.07, 6.45) is 1.62. The lowest BCUT2D eigenvalue weighted by molar-refractivity contribution is -0.131. The Kier molecular flexibility index (Phi) is 5.68. The lowest BCUT2D eigenvalue weighted by Gasteiger charge is -2.11. The quantitative estimate of drug-likeness (QED) is 0.730. The number of aryl methyl sites for hydroxylation is 2. The number of nitrogens with one attached hydrogen (secondary N) is 2. The molecule has 25 heavy (non-hydrogen) atoms. The van der Waals surface area contributed by atoms with E-state index in [4.69, 9.17) is 5.11 Å². The number of carboxylic acids is 1. The fourth-order valence-electron chi connectivity index (χ4n) is 2.36. The Hall–Kier alpha value is -3.41. The van der Waals surface area contributed by atoms with E-state index in [1.54, 1.807) is 24.3 Å². The molecule has 2 amide bonds. The molecule has 0 aliphatic rings. The highest BCUT2D eigenvalue weighted by Crippen LogP contribution is 2.19. The van der Waals surface area contributed by atoms with Crippen molar-refractivity contribution in [1.82, 2.24) is 0 Å². The maximum absolute atomic E-state index is 12.5. The first-order valence-corrected chi connectivity index (χ1v) is 7.56. The second-order valence-electron chi connectivity index (χ2n) is 5.54. The number of rotatable bonds is 5. The second-order valence-corrected chi connectivity index (χ2v) is 5.54. The van der Waals surface area contributed by atoms with Crippen LogP contribution in [0.3, 0.4) is 0 Å². The van der Waals surface area contributed by atoms with Crippen LogP contribution < -0.4 is 10.6 Å². The zero-order chi connectivity index (χ0) is 18.4. The fourth-order valence-corrected chi connectivity index (χ4v) is 2.36. The van der Waals surface area contributed by atoms with Gasteiger partial charge in [0.25, 0.3) is 5.91 Å². The smallest absolute Gasteiger partial charge is 0.328 e. The average Bonchev–Trinajstić information content (AvgIpc) is 2.52. The van der Waals surface area contributed by atoms with E-state index in [9.17, 15) is 14.4 Å². The van der Waals surface area contributed by atoms with Crippen LogP contribution in [0, 0.1) is 13.8 Å². The number of anilines is 2. The van der Waals surface area contributed by atoms with Gasteiger partial charge in [0.15, 0.2) is 0 Å². The molecule has 2 aromatic rings. The molecule has 6 heteroatoms. The molecule has 3 N–H and O–H groups in total. The van der Waals surface area contributed by atoms with Gasteiger partial charge in [-0.3, -0.25) is 9.59 Å². The molecule has 2 aromatic carbocycles. The third-order valence-electron chi connectivity index (χ3n) is 3.29. The summed E-state index contributed by atoms with van der Waals surface area (Å²) in [5.41, 5.74) is 3.28. The molecule has 0 atom stereocenters. The summed E-state index contributed by atoms with van der Waals surface area (Å²) in [5.74, 6) is -2.23. The first-order chi connectivity index (χ1) is 11.8. The second kappa shape index (κ2) is 7.92. The third kappa shape index (κ3) is 5.31. The minimum absolute atomic E-state index is 0.277. The summed E-state index contributed by atoms with van der Waals surface area (Å²) < 4.78 is 0. The summed E-state index contributed by atoms with van der Waals surface area (Å²) in [7, 11) is 0. The highest BCUT2D eigenvalue weighted by molar-refractivity contribution is 6.11. The van der Waals surface area contributed by atoms with Gasteiger partial charge < -0.3 is 15.7 Å². The van der Waals surface area contributed by atoms with Crippen LogP contribution in [-0.2, 0) is 9.59 Å². The lowest BCUT2D eigenvalue weighted by Crippen LogP contribution is -2.17. The van der Waals surface area contributed by atoms with E-state index in [2.05, 4.69) is 10.6 Å². The van der Waals surface area contributed by atoms with E-state index in [0.717, 1.165) is 23.3 Å². The monoisotopic (exact) mass is 338 g/mol. The summed E-state index contributed by atoms with van der Waals surface area (Å²) in [6.45, 7) is 3.87. The van der Waals surface area contributed by atoms with Crippen LogP contribution in [0.4, 0.5) is 11.4 Å². The molecule has 0 unspecified atom stereocenters. The molecular formula is C19H18N2O4. The van der Waals surface area contributed by atoms with Crippen molar-refractivity contribution < 1.29 is 19.5 Å². The van der Waals surface area contributed by atoms with Crippen LogP contribution in [0.1, 0.15) is 21.5 Å². The normalized spacial score (nSPS) is 10.5. The SMILES string of the molecule is Cc1cc(C)cc(NC(=O)c2ccccc2NC(=O)C=CC(=O)O)c1. The minimum atomic E-state index is -1.23. The van der Waals surface area contributed by atoms with Gasteiger partial charge in [0.05, 0.1) is 11.3 Å². The number of hydrogen-bond acceptors (Lipinski definition) is 3. The van der Waals surface area contributed by atoms with Crippen molar-refractivity contribution >= 4 is 29.2 Å². The van der Waals surface area contributed by atoms with Crippen molar-refractivity contribution in [3.05, 3.63) is 71.3 Å². The van der Waals surface area contributed by atoms with Crippen molar-refractivity contribution in [3.8, 4) is 0 Å². The maximum Gasteiger partial charge on any atom is 0.328 e. The van der Waals surface area contributed by atoms with Crippen LogP contribution in [0.15, 0.2) is 54.6 Å². The molecule has 0 saturated heterocycles. The highest BCUT2D eigenvalue weighted by Gasteiger charge is 2.13. The van der Waals surface area contributed by atoms with Crippen molar-refractivity contribution in [2.45, 2.75) is 13.8 Å². The Morgan fingerprint density at radius 1 is 0.920 bits per heavy atom. The van der Waals surface area contributed by atoms with Crippen molar-refractivity contribution in [2.24, 2.45) is 0 Å². The van der Waals surface area contributed by atoms with Crippen molar-refractivity contribution in [2.75, 3.05) is 10.6 Å². The molecule has 2 rings (SSSR count). The van der Waals surface area contributed by atoms with Crippen LogP contribution >= 0.6 is 0 Å². The summed E-state index contributed by atoms with van der Waals surface area (Å²) >= 11 is 0. The number of hydrogen-bond donors (Lipinski definition) is 3. The van der Waals surface area contributed by atoms with Gasteiger partial charge >= 0.3 is 5.97 Å². The molecule has 0 bridgehead atoms. The summed E-state index contributed by atoms with van der Waals surface area (Å²) in [4.78, 5) is 34.7. The predicted octanol–water partition coefficient (Wildman–Crippen LogP) is 3.14. The molecule has 0 aliphatic heterocycles. The molecule has 0 aromatic heterocycles. The minimum Gasteiger partial charge on any atom is -0.478 e. The summed E-state index contributed by atoms with van der Waals surface area (Å²) in [6, 6.07) is 12.2. The maximum atomic E-state index is 12.5. The highest BCUT2D eigenvalue weighted by atomic mass is 16.4. The van der Waals surface area contributed by atoms with Crippen molar-refractivity contribution in [1.29, 1.82) is 0 Å². The van der Waals surface area contributed by atoms with Gasteiger partial charge in [-0.2, -0.15) is 0 Å². The Balaban J connectivity index is 2.20. The van der Waals surface area contributed by atoms with Crippen LogP contribution in [0.2, 0.25) is 0 Å².